The van der Waals surface area contributed by atoms with Gasteiger partial charge in [-0.15, -0.1) is 0 Å². The summed E-state index contributed by atoms with van der Waals surface area (Å²) in [5, 5.41) is 9.47. The first-order chi connectivity index (χ1) is 11.3. The zero-order chi connectivity index (χ0) is 18.4. The first kappa shape index (κ1) is 22.3. The lowest BCUT2D eigenvalue weighted by Gasteiger charge is -2.20. The van der Waals surface area contributed by atoms with Crippen LogP contribution in [0, 0.1) is 0 Å². The summed E-state index contributed by atoms with van der Waals surface area (Å²) < 4.78 is 0. The average Bonchev–Trinajstić information content (AvgIpc) is 2.51. The highest BCUT2D eigenvalue weighted by atomic mass is 16.3. The Morgan fingerprint density at radius 1 is 0.958 bits per heavy atom. The maximum absolute atomic E-state index is 11.8. The van der Waals surface area contributed by atoms with E-state index in [-0.39, 0.29) is 30.2 Å². The van der Waals surface area contributed by atoms with Crippen molar-refractivity contribution < 1.29 is 19.5 Å². The third-order valence-corrected chi connectivity index (χ3v) is 3.38. The van der Waals surface area contributed by atoms with Crippen molar-refractivity contribution in [1.82, 2.24) is 21.7 Å². The van der Waals surface area contributed by atoms with Crippen LogP contribution in [0.4, 0.5) is 0 Å². The number of rotatable bonds is 12. The maximum atomic E-state index is 11.8. The van der Waals surface area contributed by atoms with Crippen LogP contribution in [0.2, 0.25) is 0 Å². The van der Waals surface area contributed by atoms with E-state index in [0.29, 0.717) is 25.7 Å². The van der Waals surface area contributed by atoms with Crippen molar-refractivity contribution in [3.8, 4) is 0 Å². The summed E-state index contributed by atoms with van der Waals surface area (Å²) in [6, 6.07) is 0.0531. The smallest absolute Gasteiger partial charge is 0.238 e. The van der Waals surface area contributed by atoms with Gasteiger partial charge in [-0.05, 0) is 32.6 Å². The Bertz CT molecular complexity index is 388. The van der Waals surface area contributed by atoms with Gasteiger partial charge in [-0.2, -0.15) is 0 Å². The molecule has 24 heavy (non-hydrogen) atoms. The summed E-state index contributed by atoms with van der Waals surface area (Å²) in [5.74, 6) is -0.742. The van der Waals surface area contributed by atoms with Gasteiger partial charge in [0.15, 0.2) is 0 Å². The van der Waals surface area contributed by atoms with E-state index in [0.717, 1.165) is 19.3 Å². The highest BCUT2D eigenvalue weighted by Crippen LogP contribution is 2.06. The summed E-state index contributed by atoms with van der Waals surface area (Å²) in [6.45, 7) is 5.14. The highest BCUT2D eigenvalue weighted by Gasteiger charge is 2.12. The first-order valence-electron chi connectivity index (χ1n) is 8.63. The molecule has 3 amide bonds. The van der Waals surface area contributed by atoms with Crippen LogP contribution in [0.3, 0.4) is 0 Å². The molecule has 0 aromatic rings. The van der Waals surface area contributed by atoms with E-state index in [1.165, 1.54) is 6.92 Å². The number of hydrogen-bond acceptors (Lipinski definition) is 5. The minimum Gasteiger partial charge on any atom is -0.393 e. The molecule has 0 saturated carbocycles. The summed E-state index contributed by atoms with van der Waals surface area (Å²) in [6.07, 6.45) is 4.86. The van der Waals surface area contributed by atoms with Crippen LogP contribution < -0.4 is 21.7 Å². The average molecular weight is 344 g/mol. The van der Waals surface area contributed by atoms with E-state index in [4.69, 9.17) is 0 Å². The third-order valence-electron chi connectivity index (χ3n) is 3.38. The van der Waals surface area contributed by atoms with Gasteiger partial charge in [0, 0.05) is 25.8 Å². The lowest BCUT2D eigenvalue weighted by Crippen LogP contribution is -2.45. The van der Waals surface area contributed by atoms with Gasteiger partial charge in [0.25, 0.3) is 0 Å². The Morgan fingerprint density at radius 2 is 1.54 bits per heavy atom. The van der Waals surface area contributed by atoms with E-state index in [1.54, 1.807) is 6.92 Å². The molecule has 0 heterocycles. The zero-order valence-corrected chi connectivity index (χ0v) is 15.0. The molecule has 0 aliphatic heterocycles. The second kappa shape index (κ2) is 13.7. The van der Waals surface area contributed by atoms with Gasteiger partial charge < -0.3 is 5.11 Å². The van der Waals surface area contributed by atoms with Crippen molar-refractivity contribution in [3.63, 3.8) is 0 Å². The Balaban J connectivity index is 3.83. The fourth-order valence-corrected chi connectivity index (χ4v) is 2.15. The summed E-state index contributed by atoms with van der Waals surface area (Å²) in [5.41, 5.74) is 10.1. The van der Waals surface area contributed by atoms with Crippen molar-refractivity contribution in [2.75, 3.05) is 0 Å². The number of aliphatic hydroxyl groups is 1. The number of carbonyl (C=O) groups is 3. The molecule has 140 valence electrons. The van der Waals surface area contributed by atoms with Gasteiger partial charge in [-0.25, -0.2) is 5.43 Å². The SMILES string of the molecule is CCCCC(CC(C)O)NNC(=O)CCCCC(=O)NNC(C)=O. The van der Waals surface area contributed by atoms with E-state index in [1.807, 2.05) is 0 Å². The quantitative estimate of drug-likeness (QED) is 0.263. The van der Waals surface area contributed by atoms with Crippen LogP contribution in [-0.4, -0.2) is 35.0 Å². The zero-order valence-electron chi connectivity index (χ0n) is 15.0. The van der Waals surface area contributed by atoms with Crippen LogP contribution in [0.25, 0.3) is 0 Å². The second-order valence-corrected chi connectivity index (χ2v) is 6.05. The van der Waals surface area contributed by atoms with Gasteiger partial charge in [0.2, 0.25) is 17.7 Å². The van der Waals surface area contributed by atoms with Crippen LogP contribution in [0.5, 0.6) is 0 Å². The third kappa shape index (κ3) is 14.0. The largest absolute Gasteiger partial charge is 0.393 e. The van der Waals surface area contributed by atoms with Crippen molar-refractivity contribution in [1.29, 1.82) is 0 Å². The predicted octanol–water partition coefficient (Wildman–Crippen LogP) is 0.665. The van der Waals surface area contributed by atoms with Crippen molar-refractivity contribution in [3.05, 3.63) is 0 Å². The number of aliphatic hydroxyl groups excluding tert-OH is 1. The molecular formula is C16H32N4O4. The normalized spacial score (nSPS) is 13.0. The monoisotopic (exact) mass is 344 g/mol. The number of hydrogen-bond donors (Lipinski definition) is 5. The van der Waals surface area contributed by atoms with Crippen LogP contribution >= 0.6 is 0 Å². The fraction of sp³-hybridized carbons (Fsp3) is 0.812. The number of amides is 3. The van der Waals surface area contributed by atoms with Crippen LogP contribution in [0.1, 0.15) is 72.1 Å². The van der Waals surface area contributed by atoms with E-state index in [2.05, 4.69) is 28.6 Å². The molecule has 0 spiro atoms. The highest BCUT2D eigenvalue weighted by molar-refractivity contribution is 5.80. The Morgan fingerprint density at radius 3 is 2.04 bits per heavy atom. The number of hydrazine groups is 2. The fourth-order valence-electron chi connectivity index (χ4n) is 2.15. The number of nitrogens with one attached hydrogen (secondary N) is 4. The minimum atomic E-state index is -0.418. The van der Waals surface area contributed by atoms with Crippen LogP contribution in [0.15, 0.2) is 0 Å². The van der Waals surface area contributed by atoms with Gasteiger partial charge >= 0.3 is 0 Å². The molecule has 0 radical (unpaired) electrons. The molecule has 8 nitrogen and oxygen atoms in total. The standard InChI is InChI=1S/C16H32N4O4/c1-4-5-8-14(11-12(2)21)18-20-16(24)10-7-6-9-15(23)19-17-13(3)22/h12,14,18,21H,4-11H2,1-3H3,(H,17,22)(H,19,23)(H,20,24). The van der Waals surface area contributed by atoms with Crippen molar-refractivity contribution >= 4 is 17.7 Å². The molecular weight excluding hydrogens is 312 g/mol. The molecule has 0 fully saturated rings. The molecule has 0 rings (SSSR count). The molecule has 0 aromatic heterocycles. The van der Waals surface area contributed by atoms with Gasteiger partial charge in [0.05, 0.1) is 6.10 Å². The molecule has 0 aliphatic carbocycles. The molecule has 0 aromatic carbocycles. The molecule has 5 N–H and O–H groups in total. The lowest BCUT2D eigenvalue weighted by molar-refractivity contribution is -0.128. The lowest BCUT2D eigenvalue weighted by atomic mass is 10.0. The molecule has 0 aliphatic rings. The van der Waals surface area contributed by atoms with E-state index < -0.39 is 6.10 Å². The molecule has 0 bridgehead atoms. The van der Waals surface area contributed by atoms with Gasteiger partial charge in [-0.3, -0.25) is 30.7 Å². The Hall–Kier alpha value is -1.67. The Kier molecular flexibility index (Phi) is 12.8. The summed E-state index contributed by atoms with van der Waals surface area (Å²) in [7, 11) is 0. The number of carbonyl (C=O) groups excluding carboxylic acids is 3. The van der Waals surface area contributed by atoms with Gasteiger partial charge in [0.1, 0.15) is 0 Å². The molecule has 2 atom stereocenters. The minimum absolute atomic E-state index is 0.0531. The summed E-state index contributed by atoms with van der Waals surface area (Å²) >= 11 is 0. The van der Waals surface area contributed by atoms with Crippen molar-refractivity contribution in [2.45, 2.75) is 84.3 Å². The maximum Gasteiger partial charge on any atom is 0.238 e. The van der Waals surface area contributed by atoms with Crippen LogP contribution in [-0.2, 0) is 14.4 Å². The summed E-state index contributed by atoms with van der Waals surface area (Å²) in [4.78, 5) is 33.7. The predicted molar refractivity (Wildman–Crippen MR) is 91.3 cm³/mol. The van der Waals surface area contributed by atoms with Gasteiger partial charge in [-0.1, -0.05) is 19.8 Å². The molecule has 2 unspecified atom stereocenters. The van der Waals surface area contributed by atoms with E-state index in [9.17, 15) is 19.5 Å². The van der Waals surface area contributed by atoms with E-state index >= 15 is 0 Å². The molecule has 8 heteroatoms. The topological polar surface area (TPSA) is 120 Å². The Labute approximate surface area is 144 Å². The number of unbranched alkanes of at least 4 members (excludes halogenated alkanes) is 2. The van der Waals surface area contributed by atoms with Crippen molar-refractivity contribution in [2.24, 2.45) is 0 Å². The molecule has 0 saturated heterocycles. The second-order valence-electron chi connectivity index (χ2n) is 6.05. The first-order valence-corrected chi connectivity index (χ1v) is 8.63.